The van der Waals surface area contributed by atoms with Gasteiger partial charge < -0.3 is 24.1 Å². The molecule has 2 aliphatic rings. The summed E-state index contributed by atoms with van der Waals surface area (Å²) in [5, 5.41) is 11.5. The van der Waals surface area contributed by atoms with Gasteiger partial charge in [-0.2, -0.15) is 0 Å². The number of aliphatic hydroxyl groups is 1. The van der Waals surface area contributed by atoms with E-state index in [9.17, 15) is 14.7 Å². The van der Waals surface area contributed by atoms with E-state index >= 15 is 0 Å². The Balaban J connectivity index is 0.00000308. The van der Waals surface area contributed by atoms with Gasteiger partial charge in [0, 0.05) is 53.3 Å². The fourth-order valence-corrected chi connectivity index (χ4v) is 5.71. The highest BCUT2D eigenvalue weighted by molar-refractivity contribution is 5.96. The van der Waals surface area contributed by atoms with E-state index < -0.39 is 6.10 Å². The van der Waals surface area contributed by atoms with Crippen LogP contribution in [0.15, 0.2) is 42.5 Å². The number of benzene rings is 2. The van der Waals surface area contributed by atoms with Gasteiger partial charge in [0.1, 0.15) is 24.7 Å². The van der Waals surface area contributed by atoms with Gasteiger partial charge in [-0.25, -0.2) is 0 Å². The Morgan fingerprint density at radius 3 is 2.52 bits per heavy atom. The Bertz CT molecular complexity index is 1110. The number of nitrogens with zero attached hydrogens (tertiary/aromatic N) is 1. The molecule has 1 fully saturated rings. The van der Waals surface area contributed by atoms with Gasteiger partial charge in [0.2, 0.25) is 0 Å². The van der Waals surface area contributed by atoms with Gasteiger partial charge in [0.05, 0.1) is 19.8 Å². The maximum Gasteiger partial charge on any atom is 0.162 e. The molecular weight excluding hydrogens is 510 g/mol. The molecule has 0 radical (unpaired) electrons. The van der Waals surface area contributed by atoms with E-state index in [1.807, 2.05) is 18.2 Å². The predicted octanol–water partition coefficient (Wildman–Crippen LogP) is 5.51. The van der Waals surface area contributed by atoms with Gasteiger partial charge in [-0.05, 0) is 74.2 Å². The molecule has 0 unspecified atom stereocenters. The summed E-state index contributed by atoms with van der Waals surface area (Å²) in [6.07, 6.45) is 4.84. The zero-order valence-electron chi connectivity index (χ0n) is 23.8. The number of carbonyl (C=O) groups excluding carboxylic acids is 2. The number of methoxy groups -OCH3 is 2. The van der Waals surface area contributed by atoms with Crippen molar-refractivity contribution in [3.63, 3.8) is 0 Å². The SMILES string of the molecule is COC[C@@H]1CCCN1C[C@@H](CC(=O)CCCCCC(=O)c1ccc(OC)cc1)[C@@H](O)c1ccc2c(c1)OCCO2.[HH].[HH]. The molecular formula is C32H47NO7. The molecule has 0 aromatic heterocycles. The average Bonchev–Trinajstić information content (AvgIpc) is 3.42. The lowest BCUT2D eigenvalue weighted by molar-refractivity contribution is -0.121. The predicted molar refractivity (Wildman–Crippen MR) is 157 cm³/mol. The van der Waals surface area contributed by atoms with Crippen LogP contribution < -0.4 is 14.2 Å². The summed E-state index contributed by atoms with van der Waals surface area (Å²) in [4.78, 5) is 27.9. The number of ether oxygens (including phenoxy) is 4. The van der Waals surface area contributed by atoms with Crippen molar-refractivity contribution in [1.82, 2.24) is 4.90 Å². The highest BCUT2D eigenvalue weighted by Gasteiger charge is 2.32. The maximum atomic E-state index is 13.1. The number of unbranched alkanes of at least 4 members (excludes halogenated alkanes) is 2. The van der Waals surface area contributed by atoms with Crippen LogP contribution in [0.25, 0.3) is 0 Å². The molecule has 0 bridgehead atoms. The molecule has 2 aromatic carbocycles. The number of fused-ring (bicyclic) bond motifs is 1. The minimum atomic E-state index is -0.800. The van der Waals surface area contributed by atoms with E-state index in [0.717, 1.165) is 50.0 Å². The topological polar surface area (TPSA) is 94.5 Å². The number of aliphatic hydroxyl groups excluding tert-OH is 1. The highest BCUT2D eigenvalue weighted by Crippen LogP contribution is 2.36. The Hall–Kier alpha value is -2.94. The molecule has 0 aliphatic carbocycles. The van der Waals surface area contributed by atoms with E-state index in [2.05, 4.69) is 4.90 Å². The van der Waals surface area contributed by atoms with Gasteiger partial charge in [0.15, 0.2) is 17.3 Å². The summed E-state index contributed by atoms with van der Waals surface area (Å²) in [6, 6.07) is 13.0. The first-order valence-electron chi connectivity index (χ1n) is 14.5. The minimum absolute atomic E-state index is 0. The normalized spacial score (nSPS) is 18.3. The number of rotatable bonds is 16. The van der Waals surface area contributed by atoms with Crippen LogP contribution in [-0.2, 0) is 9.53 Å². The standard InChI is InChI=1S/C32H43NO7.2H2/c1-37-22-26-7-6-16-33(26)21-25(32(36)24-12-15-30-31(20-24)40-18-17-39-30)19-27(34)8-4-3-5-9-29(35)23-10-13-28(38-2)14-11-23;;/h10-15,20,25-26,32,36H,3-9,16-19,21-22H2,1-2H3;2*1H/t25-,26+,32+;;/m1../s1. The van der Waals surface area contributed by atoms with Crippen LogP contribution in [0.3, 0.4) is 0 Å². The lowest BCUT2D eigenvalue weighted by Gasteiger charge is -2.31. The molecule has 0 amide bonds. The van der Waals surface area contributed by atoms with Crippen molar-refractivity contribution in [2.24, 2.45) is 5.92 Å². The summed E-state index contributed by atoms with van der Waals surface area (Å²) in [6.45, 7) is 3.21. The fourth-order valence-electron chi connectivity index (χ4n) is 5.71. The Morgan fingerprint density at radius 1 is 1.02 bits per heavy atom. The monoisotopic (exact) mass is 557 g/mol. The van der Waals surface area contributed by atoms with Crippen molar-refractivity contribution in [3.05, 3.63) is 53.6 Å². The third-order valence-electron chi connectivity index (χ3n) is 7.94. The number of hydrogen-bond acceptors (Lipinski definition) is 8. The smallest absolute Gasteiger partial charge is 0.162 e. The highest BCUT2D eigenvalue weighted by atomic mass is 16.6. The number of Topliss-reactive ketones (excluding diaryl/α,β-unsaturated/α-hetero) is 2. The molecule has 2 aromatic rings. The zero-order valence-corrected chi connectivity index (χ0v) is 23.8. The lowest BCUT2D eigenvalue weighted by atomic mass is 9.89. The molecule has 2 aliphatic heterocycles. The minimum Gasteiger partial charge on any atom is -0.497 e. The zero-order chi connectivity index (χ0) is 28.3. The molecule has 222 valence electrons. The van der Waals surface area contributed by atoms with Crippen molar-refractivity contribution in [3.8, 4) is 17.2 Å². The molecule has 2 heterocycles. The summed E-state index contributed by atoms with van der Waals surface area (Å²) in [5.41, 5.74) is 1.42. The average molecular weight is 558 g/mol. The van der Waals surface area contributed by atoms with Crippen LogP contribution in [0.1, 0.15) is 76.2 Å². The van der Waals surface area contributed by atoms with Crippen LogP contribution in [0.5, 0.6) is 17.2 Å². The summed E-state index contributed by atoms with van der Waals surface area (Å²) < 4.78 is 21.9. The van der Waals surface area contributed by atoms with Crippen molar-refractivity contribution < 1.29 is 36.5 Å². The number of ketones is 2. The largest absolute Gasteiger partial charge is 0.497 e. The van der Waals surface area contributed by atoms with Crippen LogP contribution in [0.2, 0.25) is 0 Å². The van der Waals surface area contributed by atoms with E-state index in [0.29, 0.717) is 68.7 Å². The first kappa shape index (κ1) is 30.0. The summed E-state index contributed by atoms with van der Waals surface area (Å²) >= 11 is 0. The van der Waals surface area contributed by atoms with Crippen molar-refractivity contribution in [2.75, 3.05) is 47.1 Å². The second-order valence-electron chi connectivity index (χ2n) is 10.8. The number of likely N-dealkylation sites (tertiary alicyclic amines) is 1. The third-order valence-corrected chi connectivity index (χ3v) is 7.94. The first-order valence-corrected chi connectivity index (χ1v) is 14.5. The lowest BCUT2D eigenvalue weighted by Crippen LogP contribution is -2.39. The van der Waals surface area contributed by atoms with Gasteiger partial charge in [-0.1, -0.05) is 12.5 Å². The van der Waals surface area contributed by atoms with Gasteiger partial charge in [0.25, 0.3) is 0 Å². The van der Waals surface area contributed by atoms with E-state index in [4.69, 9.17) is 18.9 Å². The molecule has 4 rings (SSSR count). The first-order chi connectivity index (χ1) is 19.5. The number of hydrogen-bond donors (Lipinski definition) is 1. The second kappa shape index (κ2) is 15.2. The van der Waals surface area contributed by atoms with Gasteiger partial charge >= 0.3 is 0 Å². The van der Waals surface area contributed by atoms with Crippen LogP contribution in [0, 0.1) is 5.92 Å². The van der Waals surface area contributed by atoms with E-state index in [1.165, 1.54) is 0 Å². The van der Waals surface area contributed by atoms with Crippen molar-refractivity contribution in [1.29, 1.82) is 0 Å². The quantitative estimate of drug-likeness (QED) is 0.213. The maximum absolute atomic E-state index is 13.1. The van der Waals surface area contributed by atoms with Crippen molar-refractivity contribution >= 4 is 11.6 Å². The van der Waals surface area contributed by atoms with E-state index in [-0.39, 0.29) is 20.3 Å². The fraction of sp³-hybridized carbons (Fsp3) is 0.562. The molecule has 3 atom stereocenters. The summed E-state index contributed by atoms with van der Waals surface area (Å²) in [7, 11) is 3.32. The molecule has 8 nitrogen and oxygen atoms in total. The Labute approximate surface area is 240 Å². The van der Waals surface area contributed by atoms with Crippen LogP contribution >= 0.6 is 0 Å². The van der Waals surface area contributed by atoms with Gasteiger partial charge in [-0.3, -0.25) is 14.5 Å². The second-order valence-corrected chi connectivity index (χ2v) is 10.8. The van der Waals surface area contributed by atoms with E-state index in [1.54, 1.807) is 38.5 Å². The third kappa shape index (κ3) is 8.29. The molecule has 0 spiro atoms. The van der Waals surface area contributed by atoms with Crippen LogP contribution in [0.4, 0.5) is 0 Å². The summed E-state index contributed by atoms with van der Waals surface area (Å²) in [5.74, 6) is 2.05. The van der Waals surface area contributed by atoms with Gasteiger partial charge in [-0.15, -0.1) is 0 Å². The molecule has 1 N–H and O–H groups in total. The Morgan fingerprint density at radius 2 is 1.77 bits per heavy atom. The molecule has 40 heavy (non-hydrogen) atoms. The Kier molecular flexibility index (Phi) is 11.4. The molecule has 8 heteroatoms. The van der Waals surface area contributed by atoms with Crippen LogP contribution in [-0.4, -0.2) is 74.7 Å². The molecule has 0 saturated carbocycles. The van der Waals surface area contributed by atoms with Crippen molar-refractivity contribution in [2.45, 2.75) is 63.5 Å². The molecule has 1 saturated heterocycles. The number of carbonyl (C=O) groups is 2.